The molecule has 4 nitrogen and oxygen atoms in total. The van der Waals surface area contributed by atoms with E-state index in [1.807, 2.05) is 13.0 Å². The predicted octanol–water partition coefficient (Wildman–Crippen LogP) is 2.81. The van der Waals surface area contributed by atoms with Crippen LogP contribution in [0.5, 0.6) is 0 Å². The highest BCUT2D eigenvalue weighted by Gasteiger charge is 2.06. The second kappa shape index (κ2) is 5.53. The first kappa shape index (κ1) is 12.4. The van der Waals surface area contributed by atoms with Crippen LogP contribution in [0, 0.1) is 12.7 Å². The van der Waals surface area contributed by atoms with Crippen LogP contribution in [-0.2, 0) is 0 Å². The maximum absolute atomic E-state index is 12.8. The van der Waals surface area contributed by atoms with Gasteiger partial charge in [0.1, 0.15) is 17.3 Å². The summed E-state index contributed by atoms with van der Waals surface area (Å²) in [5.41, 5.74) is 1.42. The van der Waals surface area contributed by atoms with E-state index in [-0.39, 0.29) is 5.82 Å². The van der Waals surface area contributed by atoms with Gasteiger partial charge in [0.25, 0.3) is 0 Å². The van der Waals surface area contributed by atoms with Crippen molar-refractivity contribution in [2.45, 2.75) is 20.3 Å². The molecule has 0 aliphatic carbocycles. The van der Waals surface area contributed by atoms with Crippen LogP contribution in [0.25, 0.3) is 11.5 Å². The highest BCUT2D eigenvalue weighted by atomic mass is 19.1. The third-order valence-electron chi connectivity index (χ3n) is 2.37. The molecule has 0 saturated carbocycles. The molecule has 0 saturated heterocycles. The molecule has 2 aromatic heterocycles. The van der Waals surface area contributed by atoms with Crippen molar-refractivity contribution in [2.24, 2.45) is 0 Å². The summed E-state index contributed by atoms with van der Waals surface area (Å²) < 4.78 is 12.8. The fourth-order valence-electron chi connectivity index (χ4n) is 1.53. The van der Waals surface area contributed by atoms with Gasteiger partial charge < -0.3 is 5.32 Å². The number of nitrogens with zero attached hydrogens (tertiary/aromatic N) is 3. The molecule has 0 fully saturated rings. The lowest BCUT2D eigenvalue weighted by Crippen LogP contribution is -2.04. The van der Waals surface area contributed by atoms with Crippen LogP contribution in [0.1, 0.15) is 19.0 Å². The highest BCUT2D eigenvalue weighted by Crippen LogP contribution is 2.15. The summed E-state index contributed by atoms with van der Waals surface area (Å²) >= 11 is 0. The fourth-order valence-corrected chi connectivity index (χ4v) is 1.53. The minimum atomic E-state index is -0.365. The summed E-state index contributed by atoms with van der Waals surface area (Å²) in [4.78, 5) is 12.7. The topological polar surface area (TPSA) is 50.7 Å². The van der Waals surface area contributed by atoms with Crippen molar-refractivity contribution in [1.82, 2.24) is 15.0 Å². The average molecular weight is 246 g/mol. The van der Waals surface area contributed by atoms with E-state index in [2.05, 4.69) is 27.2 Å². The van der Waals surface area contributed by atoms with E-state index >= 15 is 0 Å². The molecule has 18 heavy (non-hydrogen) atoms. The van der Waals surface area contributed by atoms with Crippen LogP contribution >= 0.6 is 0 Å². The van der Waals surface area contributed by atoms with Gasteiger partial charge in [-0.2, -0.15) is 0 Å². The largest absolute Gasteiger partial charge is 0.370 e. The number of rotatable bonds is 4. The van der Waals surface area contributed by atoms with Crippen LogP contribution < -0.4 is 5.32 Å². The highest BCUT2D eigenvalue weighted by molar-refractivity contribution is 5.52. The number of hydrogen-bond donors (Lipinski definition) is 1. The fraction of sp³-hybridized carbons (Fsp3) is 0.308. The van der Waals surface area contributed by atoms with Crippen LogP contribution in [0.4, 0.5) is 10.2 Å². The predicted molar refractivity (Wildman–Crippen MR) is 68.7 cm³/mol. The Morgan fingerprint density at radius 3 is 2.78 bits per heavy atom. The Bertz CT molecular complexity index is 525. The van der Waals surface area contributed by atoms with Crippen LogP contribution in [0.2, 0.25) is 0 Å². The van der Waals surface area contributed by atoms with Gasteiger partial charge in [0.15, 0.2) is 5.82 Å². The maximum atomic E-state index is 12.8. The molecular formula is C13H15FN4. The van der Waals surface area contributed by atoms with Crippen LogP contribution in [0.15, 0.2) is 24.4 Å². The second-order valence-electron chi connectivity index (χ2n) is 4.01. The standard InChI is InChI=1S/C13H15FN4/c1-3-6-15-12-7-9(2)17-13(18-12)11-5-4-10(14)8-16-11/h4-5,7-8H,3,6H2,1-2H3,(H,15,17,18). The molecule has 2 rings (SSSR count). The van der Waals surface area contributed by atoms with Gasteiger partial charge in [-0.3, -0.25) is 0 Å². The smallest absolute Gasteiger partial charge is 0.180 e. The van der Waals surface area contributed by atoms with E-state index in [9.17, 15) is 4.39 Å². The molecule has 0 unspecified atom stereocenters. The van der Waals surface area contributed by atoms with Gasteiger partial charge in [0.2, 0.25) is 0 Å². The zero-order valence-electron chi connectivity index (χ0n) is 10.4. The Morgan fingerprint density at radius 1 is 1.28 bits per heavy atom. The van der Waals surface area contributed by atoms with E-state index < -0.39 is 0 Å². The zero-order chi connectivity index (χ0) is 13.0. The molecule has 1 N–H and O–H groups in total. The zero-order valence-corrected chi connectivity index (χ0v) is 10.4. The Hall–Kier alpha value is -2.04. The number of aryl methyl sites for hydroxylation is 1. The van der Waals surface area contributed by atoms with E-state index in [0.717, 1.165) is 24.5 Å². The van der Waals surface area contributed by atoms with Crippen molar-refractivity contribution >= 4 is 5.82 Å². The molecule has 5 heteroatoms. The van der Waals surface area contributed by atoms with Gasteiger partial charge in [-0.1, -0.05) is 6.92 Å². The van der Waals surface area contributed by atoms with Crippen molar-refractivity contribution in [2.75, 3.05) is 11.9 Å². The first-order chi connectivity index (χ1) is 8.69. The summed E-state index contributed by atoms with van der Waals surface area (Å²) in [6, 6.07) is 4.81. The maximum Gasteiger partial charge on any atom is 0.180 e. The third kappa shape index (κ3) is 3.00. The number of hydrogen-bond acceptors (Lipinski definition) is 4. The summed E-state index contributed by atoms with van der Waals surface area (Å²) in [5, 5.41) is 3.20. The Morgan fingerprint density at radius 2 is 2.11 bits per heavy atom. The monoisotopic (exact) mass is 246 g/mol. The molecule has 0 aliphatic heterocycles. The summed E-state index contributed by atoms with van der Waals surface area (Å²) in [5.74, 6) is 0.912. The summed E-state index contributed by atoms with van der Waals surface area (Å²) in [7, 11) is 0. The average Bonchev–Trinajstić information content (AvgIpc) is 2.36. The Kier molecular flexibility index (Phi) is 3.82. The first-order valence-electron chi connectivity index (χ1n) is 5.90. The van der Waals surface area contributed by atoms with Gasteiger partial charge in [0.05, 0.1) is 6.20 Å². The summed E-state index contributed by atoms with van der Waals surface area (Å²) in [6.45, 7) is 4.84. The number of halogens is 1. The molecule has 94 valence electrons. The van der Waals surface area contributed by atoms with Crippen LogP contribution in [0.3, 0.4) is 0 Å². The van der Waals surface area contributed by atoms with Crippen molar-refractivity contribution in [1.29, 1.82) is 0 Å². The first-order valence-corrected chi connectivity index (χ1v) is 5.90. The number of nitrogens with one attached hydrogen (secondary N) is 1. The molecule has 0 bridgehead atoms. The normalized spacial score (nSPS) is 10.4. The number of anilines is 1. The van der Waals surface area contributed by atoms with E-state index in [0.29, 0.717) is 11.5 Å². The molecule has 2 aromatic rings. The number of pyridine rings is 1. The number of aromatic nitrogens is 3. The van der Waals surface area contributed by atoms with E-state index in [4.69, 9.17) is 0 Å². The molecule has 0 atom stereocenters. The lowest BCUT2D eigenvalue weighted by molar-refractivity contribution is 0.621. The van der Waals surface area contributed by atoms with Crippen LogP contribution in [-0.4, -0.2) is 21.5 Å². The van der Waals surface area contributed by atoms with Gasteiger partial charge in [-0.25, -0.2) is 19.3 Å². The van der Waals surface area contributed by atoms with Crippen molar-refractivity contribution in [3.05, 3.63) is 35.9 Å². The van der Waals surface area contributed by atoms with Gasteiger partial charge >= 0.3 is 0 Å². The van der Waals surface area contributed by atoms with Crippen molar-refractivity contribution < 1.29 is 4.39 Å². The minimum absolute atomic E-state index is 0.365. The molecule has 0 radical (unpaired) electrons. The Labute approximate surface area is 105 Å². The second-order valence-corrected chi connectivity index (χ2v) is 4.01. The molecule has 0 aliphatic rings. The SMILES string of the molecule is CCCNc1cc(C)nc(-c2ccc(F)cn2)n1. The van der Waals surface area contributed by atoms with Gasteiger partial charge in [0, 0.05) is 18.3 Å². The Balaban J connectivity index is 2.32. The van der Waals surface area contributed by atoms with E-state index in [1.165, 1.54) is 12.3 Å². The lowest BCUT2D eigenvalue weighted by atomic mass is 10.3. The molecule has 0 aromatic carbocycles. The van der Waals surface area contributed by atoms with Crippen molar-refractivity contribution in [3.63, 3.8) is 0 Å². The quantitative estimate of drug-likeness (QED) is 0.901. The molecule has 0 amide bonds. The minimum Gasteiger partial charge on any atom is -0.370 e. The lowest BCUT2D eigenvalue weighted by Gasteiger charge is -2.07. The van der Waals surface area contributed by atoms with Gasteiger partial charge in [-0.05, 0) is 25.5 Å². The third-order valence-corrected chi connectivity index (χ3v) is 2.37. The van der Waals surface area contributed by atoms with Gasteiger partial charge in [-0.15, -0.1) is 0 Å². The molecular weight excluding hydrogens is 231 g/mol. The van der Waals surface area contributed by atoms with Crippen molar-refractivity contribution in [3.8, 4) is 11.5 Å². The summed E-state index contributed by atoms with van der Waals surface area (Å²) in [6.07, 6.45) is 2.19. The molecule has 0 spiro atoms. The molecule has 2 heterocycles. The van der Waals surface area contributed by atoms with E-state index in [1.54, 1.807) is 6.07 Å².